The van der Waals surface area contributed by atoms with E-state index in [1.807, 2.05) is 6.92 Å². The SMILES string of the molecule is CCCC(C)N(C)CC(C)(NC1CC1)C(N)=O. The zero-order valence-electron chi connectivity index (χ0n) is 11.6. The van der Waals surface area contributed by atoms with Gasteiger partial charge in [-0.1, -0.05) is 13.3 Å². The average Bonchev–Trinajstić information content (AvgIpc) is 3.01. The van der Waals surface area contributed by atoms with Crippen LogP contribution in [-0.2, 0) is 4.79 Å². The Morgan fingerprint density at radius 3 is 2.59 bits per heavy atom. The van der Waals surface area contributed by atoms with Crippen molar-refractivity contribution >= 4 is 5.91 Å². The zero-order valence-corrected chi connectivity index (χ0v) is 11.6. The normalized spacial score (nSPS) is 21.2. The van der Waals surface area contributed by atoms with E-state index >= 15 is 0 Å². The molecule has 0 aliphatic heterocycles. The number of hydrogen-bond donors (Lipinski definition) is 2. The summed E-state index contributed by atoms with van der Waals surface area (Å²) in [7, 11) is 2.07. The van der Waals surface area contributed by atoms with Crippen LogP contribution in [0, 0.1) is 0 Å². The Kier molecular flexibility index (Phi) is 4.95. The number of carbonyl (C=O) groups is 1. The summed E-state index contributed by atoms with van der Waals surface area (Å²) in [5, 5.41) is 3.38. The highest BCUT2D eigenvalue weighted by Crippen LogP contribution is 2.23. The van der Waals surface area contributed by atoms with Gasteiger partial charge in [0, 0.05) is 18.6 Å². The van der Waals surface area contributed by atoms with E-state index in [4.69, 9.17) is 5.73 Å². The lowest BCUT2D eigenvalue weighted by Crippen LogP contribution is -2.60. The molecule has 4 nitrogen and oxygen atoms in total. The second-order valence-electron chi connectivity index (χ2n) is 5.67. The first-order valence-electron chi connectivity index (χ1n) is 6.67. The van der Waals surface area contributed by atoms with Gasteiger partial charge in [0.15, 0.2) is 0 Å². The maximum absolute atomic E-state index is 11.6. The largest absolute Gasteiger partial charge is 0.368 e. The highest BCUT2D eigenvalue weighted by atomic mass is 16.1. The smallest absolute Gasteiger partial charge is 0.238 e. The molecule has 1 rings (SSSR count). The minimum absolute atomic E-state index is 0.250. The first-order chi connectivity index (χ1) is 7.89. The van der Waals surface area contributed by atoms with Crippen molar-refractivity contribution < 1.29 is 4.79 Å². The maximum Gasteiger partial charge on any atom is 0.238 e. The van der Waals surface area contributed by atoms with E-state index in [0.29, 0.717) is 18.6 Å². The molecule has 1 amide bonds. The Labute approximate surface area is 105 Å². The number of nitrogens with two attached hydrogens (primary N) is 1. The molecule has 2 atom stereocenters. The summed E-state index contributed by atoms with van der Waals surface area (Å²) in [6.07, 6.45) is 4.64. The number of nitrogens with zero attached hydrogens (tertiary/aromatic N) is 1. The highest BCUT2D eigenvalue weighted by molar-refractivity contribution is 5.84. The van der Waals surface area contributed by atoms with Crippen LogP contribution in [0.2, 0.25) is 0 Å². The Balaban J connectivity index is 2.55. The summed E-state index contributed by atoms with van der Waals surface area (Å²) < 4.78 is 0. The van der Waals surface area contributed by atoms with Gasteiger partial charge in [0.25, 0.3) is 0 Å². The van der Waals surface area contributed by atoms with Crippen LogP contribution in [-0.4, -0.2) is 42.0 Å². The molecule has 1 aliphatic rings. The van der Waals surface area contributed by atoms with Crippen molar-refractivity contribution in [2.45, 2.75) is 64.1 Å². The summed E-state index contributed by atoms with van der Waals surface area (Å²) in [4.78, 5) is 13.9. The summed E-state index contributed by atoms with van der Waals surface area (Å²) in [6, 6.07) is 0.974. The third-order valence-corrected chi connectivity index (χ3v) is 3.67. The fourth-order valence-corrected chi connectivity index (χ4v) is 2.17. The molecule has 0 aromatic rings. The van der Waals surface area contributed by atoms with Crippen LogP contribution < -0.4 is 11.1 Å². The molecule has 0 aromatic heterocycles. The molecule has 3 N–H and O–H groups in total. The topological polar surface area (TPSA) is 58.4 Å². The summed E-state index contributed by atoms with van der Waals surface area (Å²) in [5.74, 6) is -0.250. The second kappa shape index (κ2) is 5.83. The van der Waals surface area contributed by atoms with Gasteiger partial charge < -0.3 is 10.6 Å². The predicted molar refractivity (Wildman–Crippen MR) is 70.8 cm³/mol. The fourth-order valence-electron chi connectivity index (χ4n) is 2.17. The van der Waals surface area contributed by atoms with Gasteiger partial charge in [-0.25, -0.2) is 0 Å². The summed E-state index contributed by atoms with van der Waals surface area (Å²) in [5.41, 5.74) is 4.94. The van der Waals surface area contributed by atoms with Gasteiger partial charge in [-0.05, 0) is 40.2 Å². The molecule has 0 bridgehead atoms. The molecule has 0 spiro atoms. The number of amides is 1. The third kappa shape index (κ3) is 4.28. The minimum atomic E-state index is -0.599. The standard InChI is InChI=1S/C13H27N3O/c1-5-6-10(2)16(4)9-13(3,12(14)17)15-11-7-8-11/h10-11,15H,5-9H2,1-4H3,(H2,14,17). The Bertz CT molecular complexity index is 265. The van der Waals surface area contributed by atoms with Crippen molar-refractivity contribution in [1.82, 2.24) is 10.2 Å². The van der Waals surface area contributed by atoms with Crippen LogP contribution in [0.4, 0.5) is 0 Å². The molecular formula is C13H27N3O. The minimum Gasteiger partial charge on any atom is -0.368 e. The van der Waals surface area contributed by atoms with Crippen LogP contribution in [0.5, 0.6) is 0 Å². The van der Waals surface area contributed by atoms with E-state index < -0.39 is 5.54 Å². The van der Waals surface area contributed by atoms with Gasteiger partial charge >= 0.3 is 0 Å². The molecule has 1 fully saturated rings. The maximum atomic E-state index is 11.6. The number of carbonyl (C=O) groups excluding carboxylic acids is 1. The number of likely N-dealkylation sites (N-methyl/N-ethyl adjacent to an activating group) is 1. The first kappa shape index (κ1) is 14.5. The molecule has 17 heavy (non-hydrogen) atoms. The van der Waals surface area contributed by atoms with Gasteiger partial charge in [0.2, 0.25) is 5.91 Å². The van der Waals surface area contributed by atoms with Crippen LogP contribution in [0.3, 0.4) is 0 Å². The molecule has 1 saturated carbocycles. The van der Waals surface area contributed by atoms with Gasteiger partial charge in [-0.2, -0.15) is 0 Å². The summed E-state index contributed by atoms with van der Waals surface area (Å²) in [6.45, 7) is 6.98. The third-order valence-electron chi connectivity index (χ3n) is 3.67. The molecule has 4 heteroatoms. The lowest BCUT2D eigenvalue weighted by molar-refractivity contribution is -0.124. The zero-order chi connectivity index (χ0) is 13.1. The van der Waals surface area contributed by atoms with Gasteiger partial charge in [-0.3, -0.25) is 10.1 Å². The van der Waals surface area contributed by atoms with Crippen LogP contribution in [0.15, 0.2) is 0 Å². The number of primary amides is 1. The van der Waals surface area contributed by atoms with Crippen molar-refractivity contribution in [2.75, 3.05) is 13.6 Å². The van der Waals surface area contributed by atoms with E-state index in [9.17, 15) is 4.79 Å². The molecule has 0 aromatic carbocycles. The van der Waals surface area contributed by atoms with Crippen molar-refractivity contribution in [3.8, 4) is 0 Å². The molecule has 2 unspecified atom stereocenters. The second-order valence-corrected chi connectivity index (χ2v) is 5.67. The fraction of sp³-hybridized carbons (Fsp3) is 0.923. The Morgan fingerprint density at radius 2 is 2.18 bits per heavy atom. The molecule has 100 valence electrons. The monoisotopic (exact) mass is 241 g/mol. The lowest BCUT2D eigenvalue weighted by Gasteiger charge is -2.35. The van der Waals surface area contributed by atoms with E-state index in [0.717, 1.165) is 25.7 Å². The quantitative estimate of drug-likeness (QED) is 0.669. The van der Waals surface area contributed by atoms with E-state index in [2.05, 4.69) is 31.1 Å². The first-order valence-corrected chi connectivity index (χ1v) is 6.67. The average molecular weight is 241 g/mol. The molecule has 0 heterocycles. The van der Waals surface area contributed by atoms with Gasteiger partial charge in [-0.15, -0.1) is 0 Å². The van der Waals surface area contributed by atoms with Crippen molar-refractivity contribution in [2.24, 2.45) is 5.73 Å². The highest BCUT2D eigenvalue weighted by Gasteiger charge is 2.38. The lowest BCUT2D eigenvalue weighted by atomic mass is 9.99. The number of rotatable bonds is 8. The Hall–Kier alpha value is -0.610. The van der Waals surface area contributed by atoms with Crippen molar-refractivity contribution in [3.63, 3.8) is 0 Å². The van der Waals surface area contributed by atoms with Crippen molar-refractivity contribution in [1.29, 1.82) is 0 Å². The van der Waals surface area contributed by atoms with Crippen LogP contribution >= 0.6 is 0 Å². The van der Waals surface area contributed by atoms with Gasteiger partial charge in [0.05, 0.1) is 0 Å². The van der Waals surface area contributed by atoms with Crippen LogP contribution in [0.1, 0.15) is 46.5 Å². The van der Waals surface area contributed by atoms with Crippen LogP contribution in [0.25, 0.3) is 0 Å². The van der Waals surface area contributed by atoms with E-state index in [-0.39, 0.29) is 5.91 Å². The molecule has 1 aliphatic carbocycles. The summed E-state index contributed by atoms with van der Waals surface area (Å²) >= 11 is 0. The molecular weight excluding hydrogens is 214 g/mol. The molecule has 0 radical (unpaired) electrons. The molecule has 0 saturated heterocycles. The Morgan fingerprint density at radius 1 is 1.59 bits per heavy atom. The van der Waals surface area contributed by atoms with Crippen molar-refractivity contribution in [3.05, 3.63) is 0 Å². The number of hydrogen-bond acceptors (Lipinski definition) is 3. The van der Waals surface area contributed by atoms with Gasteiger partial charge in [0.1, 0.15) is 5.54 Å². The predicted octanol–water partition coefficient (Wildman–Crippen LogP) is 1.10. The van der Waals surface area contributed by atoms with E-state index in [1.165, 1.54) is 0 Å². The number of nitrogens with one attached hydrogen (secondary N) is 1. The van der Waals surface area contributed by atoms with E-state index in [1.54, 1.807) is 0 Å².